The Bertz CT molecular complexity index is 632. The van der Waals surface area contributed by atoms with Crippen molar-refractivity contribution >= 4 is 27.3 Å². The third-order valence-electron chi connectivity index (χ3n) is 3.09. The average molecular weight is 306 g/mol. The predicted octanol–water partition coefficient (Wildman–Crippen LogP) is 1.79. The summed E-state index contributed by atoms with van der Waals surface area (Å²) in [4.78, 5) is 12.0. The smallest absolute Gasteiger partial charge is 0.254 e. The fourth-order valence-corrected chi connectivity index (χ4v) is 4.39. The molecule has 0 aromatic heterocycles. The zero-order valence-corrected chi connectivity index (χ0v) is 11.8. The molecule has 1 aromatic rings. The van der Waals surface area contributed by atoms with Crippen LogP contribution >= 0.6 is 11.6 Å². The van der Waals surface area contributed by atoms with Crippen molar-refractivity contribution in [3.05, 3.63) is 34.6 Å². The van der Waals surface area contributed by atoms with Crippen molar-refractivity contribution in [3.8, 4) is 0 Å². The maximum atomic E-state index is 13.5. The molecule has 0 aliphatic carbocycles. The summed E-state index contributed by atoms with van der Waals surface area (Å²) in [5.41, 5.74) is -1.04. The molecule has 1 fully saturated rings. The van der Waals surface area contributed by atoms with Crippen LogP contribution in [0.25, 0.3) is 0 Å². The van der Waals surface area contributed by atoms with Crippen molar-refractivity contribution in [3.63, 3.8) is 0 Å². The van der Waals surface area contributed by atoms with E-state index >= 15 is 0 Å². The molecule has 1 atom stereocenters. The van der Waals surface area contributed by atoms with E-state index in [0.29, 0.717) is 6.42 Å². The summed E-state index contributed by atoms with van der Waals surface area (Å²) in [6.07, 6.45) is 0.323. The number of rotatable bonds is 2. The van der Waals surface area contributed by atoms with Crippen LogP contribution in [0.1, 0.15) is 23.7 Å². The van der Waals surface area contributed by atoms with Gasteiger partial charge in [-0.2, -0.15) is 0 Å². The molecule has 1 N–H and O–H groups in total. The molecule has 1 aromatic carbocycles. The number of hydrogen-bond acceptors (Lipinski definition) is 3. The normalized spacial score (nSPS) is 25.2. The third-order valence-corrected chi connectivity index (χ3v) is 5.23. The largest absolute Gasteiger partial charge is 0.346 e. The van der Waals surface area contributed by atoms with Gasteiger partial charge in [-0.25, -0.2) is 12.8 Å². The lowest BCUT2D eigenvalue weighted by atomic mass is 10.0. The van der Waals surface area contributed by atoms with Gasteiger partial charge in [0.2, 0.25) is 0 Å². The molecule has 19 heavy (non-hydrogen) atoms. The molecule has 4 nitrogen and oxygen atoms in total. The number of carbonyl (C=O) groups is 1. The van der Waals surface area contributed by atoms with Gasteiger partial charge in [0.05, 0.1) is 22.6 Å². The second kappa shape index (κ2) is 4.76. The highest BCUT2D eigenvalue weighted by molar-refractivity contribution is 7.91. The van der Waals surface area contributed by atoms with E-state index in [1.165, 1.54) is 12.1 Å². The second-order valence-corrected chi connectivity index (χ2v) is 7.60. The van der Waals surface area contributed by atoms with E-state index in [0.717, 1.165) is 6.07 Å². The van der Waals surface area contributed by atoms with Crippen molar-refractivity contribution in [1.82, 2.24) is 5.32 Å². The molecule has 7 heteroatoms. The standard InChI is InChI=1S/C12H13ClFNO3S/c1-12(4-5-19(17,18)7-12)15-11(16)9-6-8(13)2-3-10(9)14/h2-3,6H,4-5,7H2,1H3,(H,15,16). The Morgan fingerprint density at radius 3 is 2.74 bits per heavy atom. The summed E-state index contributed by atoms with van der Waals surface area (Å²) in [7, 11) is -3.13. The Balaban J connectivity index is 2.20. The number of amides is 1. The zero-order valence-electron chi connectivity index (χ0n) is 10.2. The van der Waals surface area contributed by atoms with Crippen LogP contribution in [0.15, 0.2) is 18.2 Å². The molecule has 1 unspecified atom stereocenters. The molecule has 0 bridgehead atoms. The van der Waals surface area contributed by atoms with Crippen molar-refractivity contribution in [1.29, 1.82) is 0 Å². The minimum Gasteiger partial charge on any atom is -0.346 e. The first-order valence-electron chi connectivity index (χ1n) is 5.69. The van der Waals surface area contributed by atoms with Gasteiger partial charge in [0.1, 0.15) is 5.82 Å². The summed E-state index contributed by atoms with van der Waals surface area (Å²) in [6.45, 7) is 1.64. The van der Waals surface area contributed by atoms with Gasteiger partial charge in [-0.05, 0) is 31.5 Å². The number of halogens is 2. The minimum atomic E-state index is -3.13. The van der Waals surface area contributed by atoms with Crippen molar-refractivity contribution in [2.75, 3.05) is 11.5 Å². The molecular weight excluding hydrogens is 293 g/mol. The van der Waals surface area contributed by atoms with Gasteiger partial charge in [0.15, 0.2) is 9.84 Å². The average Bonchev–Trinajstić information content (AvgIpc) is 2.56. The number of benzene rings is 1. The fraction of sp³-hybridized carbons (Fsp3) is 0.417. The summed E-state index contributed by atoms with van der Waals surface area (Å²) in [5.74, 6) is -1.44. The number of hydrogen-bond donors (Lipinski definition) is 1. The highest BCUT2D eigenvalue weighted by Crippen LogP contribution is 2.24. The third kappa shape index (κ3) is 3.25. The lowest BCUT2D eigenvalue weighted by molar-refractivity contribution is 0.0911. The van der Waals surface area contributed by atoms with E-state index in [2.05, 4.69) is 5.32 Å². The maximum absolute atomic E-state index is 13.5. The molecule has 0 spiro atoms. The molecule has 0 radical (unpaired) electrons. The Hall–Kier alpha value is -1.14. The molecule has 1 saturated heterocycles. The van der Waals surface area contributed by atoms with Crippen LogP contribution < -0.4 is 5.32 Å². The van der Waals surface area contributed by atoms with Crippen LogP contribution in [0.5, 0.6) is 0 Å². The van der Waals surface area contributed by atoms with Gasteiger partial charge in [-0.1, -0.05) is 11.6 Å². The Morgan fingerprint density at radius 2 is 2.16 bits per heavy atom. The summed E-state index contributed by atoms with van der Waals surface area (Å²) >= 11 is 5.71. The topological polar surface area (TPSA) is 63.2 Å². The van der Waals surface area contributed by atoms with E-state index in [-0.39, 0.29) is 22.1 Å². The Morgan fingerprint density at radius 1 is 1.47 bits per heavy atom. The van der Waals surface area contributed by atoms with E-state index in [1.54, 1.807) is 6.92 Å². The Labute approximate surface area is 115 Å². The zero-order chi connectivity index (χ0) is 14.3. The van der Waals surface area contributed by atoms with E-state index in [9.17, 15) is 17.6 Å². The number of carbonyl (C=O) groups excluding carboxylic acids is 1. The molecule has 104 valence electrons. The molecule has 0 saturated carbocycles. The molecule has 2 rings (SSSR count). The van der Waals surface area contributed by atoms with E-state index in [1.807, 2.05) is 0 Å². The first kappa shape index (κ1) is 14.3. The second-order valence-electron chi connectivity index (χ2n) is 4.98. The van der Waals surface area contributed by atoms with Gasteiger partial charge >= 0.3 is 0 Å². The van der Waals surface area contributed by atoms with Crippen LogP contribution in [0.2, 0.25) is 5.02 Å². The lowest BCUT2D eigenvalue weighted by Gasteiger charge is -2.24. The molecule has 1 amide bonds. The van der Waals surface area contributed by atoms with Crippen LogP contribution in [0.3, 0.4) is 0 Å². The molecule has 1 aliphatic rings. The highest BCUT2D eigenvalue weighted by atomic mass is 35.5. The minimum absolute atomic E-state index is 0.0296. The number of sulfone groups is 1. The molecule has 1 aliphatic heterocycles. The van der Waals surface area contributed by atoms with Gasteiger partial charge in [-0.3, -0.25) is 4.79 Å². The highest BCUT2D eigenvalue weighted by Gasteiger charge is 2.39. The van der Waals surface area contributed by atoms with Crippen LogP contribution in [-0.4, -0.2) is 31.4 Å². The first-order chi connectivity index (χ1) is 8.71. The van der Waals surface area contributed by atoms with Crippen molar-refractivity contribution in [2.45, 2.75) is 18.9 Å². The summed E-state index contributed by atoms with van der Waals surface area (Å²) in [5, 5.41) is 2.82. The SMILES string of the molecule is CC1(NC(=O)c2cc(Cl)ccc2F)CCS(=O)(=O)C1. The van der Waals surface area contributed by atoms with Crippen LogP contribution in [0, 0.1) is 5.82 Å². The van der Waals surface area contributed by atoms with Gasteiger partial charge in [0, 0.05) is 5.02 Å². The summed E-state index contributed by atoms with van der Waals surface area (Å²) in [6, 6.07) is 3.67. The summed E-state index contributed by atoms with van der Waals surface area (Å²) < 4.78 is 36.4. The maximum Gasteiger partial charge on any atom is 0.254 e. The van der Waals surface area contributed by atoms with Crippen LogP contribution in [0.4, 0.5) is 4.39 Å². The Kier molecular flexibility index (Phi) is 3.57. The fourth-order valence-electron chi connectivity index (χ4n) is 2.12. The van der Waals surface area contributed by atoms with Gasteiger partial charge in [-0.15, -0.1) is 0 Å². The lowest BCUT2D eigenvalue weighted by Crippen LogP contribution is -2.47. The molecular formula is C12H13ClFNO3S. The van der Waals surface area contributed by atoms with E-state index < -0.39 is 27.1 Å². The predicted molar refractivity (Wildman–Crippen MR) is 70.6 cm³/mol. The first-order valence-corrected chi connectivity index (χ1v) is 7.89. The van der Waals surface area contributed by atoms with E-state index in [4.69, 9.17) is 11.6 Å². The van der Waals surface area contributed by atoms with Crippen molar-refractivity contribution in [2.24, 2.45) is 0 Å². The molecule has 1 heterocycles. The monoisotopic (exact) mass is 305 g/mol. The van der Waals surface area contributed by atoms with Crippen molar-refractivity contribution < 1.29 is 17.6 Å². The van der Waals surface area contributed by atoms with Gasteiger partial charge in [0.25, 0.3) is 5.91 Å². The quantitative estimate of drug-likeness (QED) is 0.906. The number of nitrogens with one attached hydrogen (secondary N) is 1. The van der Waals surface area contributed by atoms with Crippen LogP contribution in [-0.2, 0) is 9.84 Å². The van der Waals surface area contributed by atoms with Gasteiger partial charge < -0.3 is 5.32 Å².